The summed E-state index contributed by atoms with van der Waals surface area (Å²) in [5, 5.41) is 2.77. The van der Waals surface area contributed by atoms with E-state index >= 15 is 0 Å². The molecule has 0 aliphatic heterocycles. The lowest BCUT2D eigenvalue weighted by atomic mass is 10.2. The van der Waals surface area contributed by atoms with Gasteiger partial charge < -0.3 is 19.5 Å². The van der Waals surface area contributed by atoms with E-state index in [1.54, 1.807) is 45.9 Å². The van der Waals surface area contributed by atoms with Gasteiger partial charge in [0.25, 0.3) is 0 Å². The molecule has 0 heterocycles. The summed E-state index contributed by atoms with van der Waals surface area (Å²) in [5.41, 5.74) is 0. The average molecular weight is 402 g/mol. The fourth-order valence-corrected chi connectivity index (χ4v) is 3.30. The van der Waals surface area contributed by atoms with Crippen LogP contribution in [0, 0.1) is 0 Å². The van der Waals surface area contributed by atoms with Gasteiger partial charge in [0, 0.05) is 4.90 Å². The first kappa shape index (κ1) is 22.5. The number of thioether (sulfide) groups is 2. The average Bonchev–Trinajstić information content (AvgIpc) is 2.62. The van der Waals surface area contributed by atoms with E-state index in [4.69, 9.17) is 14.2 Å². The van der Waals surface area contributed by atoms with Gasteiger partial charge in [0.15, 0.2) is 11.5 Å². The first-order valence-corrected chi connectivity index (χ1v) is 10.6. The van der Waals surface area contributed by atoms with Crippen LogP contribution in [0.5, 0.6) is 11.5 Å². The Balaban J connectivity index is 2.63. The topological polar surface area (TPSA) is 73.9 Å². The number of methoxy groups -OCH3 is 2. The van der Waals surface area contributed by atoms with Gasteiger partial charge in [-0.2, -0.15) is 11.8 Å². The molecule has 0 aromatic heterocycles. The van der Waals surface area contributed by atoms with E-state index in [-0.39, 0.29) is 17.8 Å². The number of nitrogens with one attached hydrogen (secondary N) is 1. The van der Waals surface area contributed by atoms with E-state index in [0.29, 0.717) is 17.9 Å². The van der Waals surface area contributed by atoms with Crippen LogP contribution in [0.25, 0.3) is 0 Å². The monoisotopic (exact) mass is 401 g/mol. The van der Waals surface area contributed by atoms with Gasteiger partial charge in [-0.25, -0.2) is 4.79 Å². The number of ether oxygens (including phenoxy) is 3. The largest absolute Gasteiger partial charge is 0.493 e. The van der Waals surface area contributed by atoms with Crippen molar-refractivity contribution in [1.82, 2.24) is 5.32 Å². The maximum absolute atomic E-state index is 12.3. The summed E-state index contributed by atoms with van der Waals surface area (Å²) in [7, 11) is 3.14. The van der Waals surface area contributed by atoms with E-state index in [1.807, 2.05) is 18.4 Å². The van der Waals surface area contributed by atoms with Crippen molar-refractivity contribution in [1.29, 1.82) is 0 Å². The number of carbonyl (C=O) groups is 2. The van der Waals surface area contributed by atoms with Crippen LogP contribution in [-0.4, -0.2) is 56.0 Å². The van der Waals surface area contributed by atoms with Gasteiger partial charge in [-0.3, -0.25) is 4.79 Å². The molecule has 1 aromatic carbocycles. The second-order valence-corrected chi connectivity index (χ2v) is 7.73. The number of rotatable bonds is 11. The maximum atomic E-state index is 12.3. The molecule has 0 radical (unpaired) electrons. The second-order valence-electron chi connectivity index (χ2n) is 5.69. The lowest BCUT2D eigenvalue weighted by Crippen LogP contribution is -2.43. The summed E-state index contributed by atoms with van der Waals surface area (Å²) in [6, 6.07) is 4.84. The molecule has 0 saturated carbocycles. The van der Waals surface area contributed by atoms with Crippen molar-refractivity contribution in [2.75, 3.05) is 32.0 Å². The Morgan fingerprint density at radius 2 is 1.85 bits per heavy atom. The van der Waals surface area contributed by atoms with Crippen molar-refractivity contribution < 1.29 is 23.8 Å². The predicted octanol–water partition coefficient (Wildman–Crippen LogP) is 2.99. The van der Waals surface area contributed by atoms with E-state index in [0.717, 1.165) is 10.6 Å². The lowest BCUT2D eigenvalue weighted by molar-refractivity contribution is -0.151. The van der Waals surface area contributed by atoms with Gasteiger partial charge in [0.1, 0.15) is 6.04 Å². The third-order valence-electron chi connectivity index (χ3n) is 3.31. The van der Waals surface area contributed by atoms with Crippen molar-refractivity contribution in [3.63, 3.8) is 0 Å². The molecule has 146 valence electrons. The number of hydrogen-bond acceptors (Lipinski definition) is 7. The third-order valence-corrected chi connectivity index (χ3v) is 4.94. The Morgan fingerprint density at radius 3 is 2.42 bits per heavy atom. The fraction of sp³-hybridized carbons (Fsp3) is 0.556. The molecule has 1 amide bonds. The minimum absolute atomic E-state index is 0.195. The zero-order valence-electron chi connectivity index (χ0n) is 15.9. The van der Waals surface area contributed by atoms with E-state index in [9.17, 15) is 9.59 Å². The number of esters is 1. The molecule has 1 rings (SSSR count). The molecular weight excluding hydrogens is 374 g/mol. The zero-order valence-corrected chi connectivity index (χ0v) is 17.5. The van der Waals surface area contributed by atoms with Gasteiger partial charge in [-0.1, -0.05) is 0 Å². The third kappa shape index (κ3) is 7.78. The molecule has 26 heavy (non-hydrogen) atoms. The number of amides is 1. The van der Waals surface area contributed by atoms with Crippen LogP contribution < -0.4 is 14.8 Å². The highest BCUT2D eigenvalue weighted by Gasteiger charge is 2.22. The molecule has 0 spiro atoms. The predicted molar refractivity (Wildman–Crippen MR) is 106 cm³/mol. The van der Waals surface area contributed by atoms with Crippen LogP contribution >= 0.6 is 23.5 Å². The summed E-state index contributed by atoms with van der Waals surface area (Å²) in [4.78, 5) is 25.3. The van der Waals surface area contributed by atoms with Gasteiger partial charge in [0.2, 0.25) is 5.91 Å². The highest BCUT2D eigenvalue weighted by molar-refractivity contribution is 8.00. The van der Waals surface area contributed by atoms with Gasteiger partial charge in [0.05, 0.1) is 26.1 Å². The van der Waals surface area contributed by atoms with E-state index in [2.05, 4.69) is 5.32 Å². The molecule has 1 aromatic rings. The van der Waals surface area contributed by atoms with Crippen LogP contribution in [-0.2, 0) is 14.3 Å². The van der Waals surface area contributed by atoms with E-state index in [1.165, 1.54) is 11.8 Å². The fourth-order valence-electron chi connectivity index (χ4n) is 2.09. The molecule has 6 nitrogen and oxygen atoms in total. The quantitative estimate of drug-likeness (QED) is 0.451. The summed E-state index contributed by atoms with van der Waals surface area (Å²) in [6.07, 6.45) is 2.29. The Bertz CT molecular complexity index is 595. The molecule has 0 fully saturated rings. The molecule has 0 saturated heterocycles. The molecule has 0 bridgehead atoms. The normalized spacial score (nSPS) is 11.8. The molecular formula is C18H27NO5S2. The summed E-state index contributed by atoms with van der Waals surface area (Å²) in [6.45, 7) is 3.58. The van der Waals surface area contributed by atoms with Crippen molar-refractivity contribution in [2.45, 2.75) is 37.3 Å². The molecule has 1 atom stereocenters. The van der Waals surface area contributed by atoms with Gasteiger partial charge in [-0.05, 0) is 50.5 Å². The minimum atomic E-state index is -0.622. The van der Waals surface area contributed by atoms with Crippen molar-refractivity contribution in [2.24, 2.45) is 0 Å². The number of carbonyl (C=O) groups excluding carboxylic acids is 2. The van der Waals surface area contributed by atoms with Crippen molar-refractivity contribution >= 4 is 35.4 Å². The van der Waals surface area contributed by atoms with Crippen LogP contribution in [0.4, 0.5) is 0 Å². The molecule has 1 unspecified atom stereocenters. The Morgan fingerprint density at radius 1 is 1.15 bits per heavy atom. The first-order valence-electron chi connectivity index (χ1n) is 8.24. The molecule has 1 N–H and O–H groups in total. The molecule has 8 heteroatoms. The summed E-state index contributed by atoms with van der Waals surface area (Å²) < 4.78 is 15.7. The smallest absolute Gasteiger partial charge is 0.328 e. The van der Waals surface area contributed by atoms with Crippen molar-refractivity contribution in [3.05, 3.63) is 18.2 Å². The lowest BCUT2D eigenvalue weighted by Gasteiger charge is -2.19. The highest BCUT2D eigenvalue weighted by atomic mass is 32.2. The Hall–Kier alpha value is -1.54. The van der Waals surface area contributed by atoms with Crippen LogP contribution in [0.1, 0.15) is 20.3 Å². The summed E-state index contributed by atoms with van der Waals surface area (Å²) >= 11 is 2.98. The standard InChI is InChI=1S/C18H27NO5S2/c1-12(2)24-18(21)14(8-9-25-5)19-17(20)11-26-13-6-7-15(22-3)16(10-13)23-4/h6-7,10,12,14H,8-9,11H2,1-5H3,(H,19,20). The Kier molecular flexibility index (Phi) is 10.3. The van der Waals surface area contributed by atoms with E-state index < -0.39 is 12.0 Å². The van der Waals surface area contributed by atoms with Crippen molar-refractivity contribution in [3.8, 4) is 11.5 Å². The first-order chi connectivity index (χ1) is 12.4. The summed E-state index contributed by atoms with van der Waals surface area (Å²) in [5.74, 6) is 1.60. The van der Waals surface area contributed by atoms with Crippen LogP contribution in [0.15, 0.2) is 23.1 Å². The van der Waals surface area contributed by atoms with Crippen LogP contribution in [0.3, 0.4) is 0 Å². The zero-order chi connectivity index (χ0) is 19.5. The Labute approximate surface area is 163 Å². The molecule has 0 aliphatic rings. The minimum Gasteiger partial charge on any atom is -0.493 e. The van der Waals surface area contributed by atoms with Gasteiger partial charge in [-0.15, -0.1) is 11.8 Å². The van der Waals surface area contributed by atoms with Gasteiger partial charge >= 0.3 is 5.97 Å². The van der Waals surface area contributed by atoms with Crippen LogP contribution in [0.2, 0.25) is 0 Å². The number of hydrogen-bond donors (Lipinski definition) is 1. The highest BCUT2D eigenvalue weighted by Crippen LogP contribution is 2.31. The number of benzene rings is 1. The maximum Gasteiger partial charge on any atom is 0.328 e. The SMILES string of the molecule is COc1ccc(SCC(=O)NC(CCSC)C(=O)OC(C)C)cc1OC. The second kappa shape index (κ2) is 12.0. The molecule has 0 aliphatic carbocycles.